The number of rotatable bonds is 2. The molecule has 1 N–H and O–H groups in total. The number of carbonyl (C=O) groups excluding carboxylic acids is 1. The minimum atomic E-state index is 0.219. The molecule has 5 rings (SSSR count). The lowest BCUT2D eigenvalue weighted by Gasteiger charge is -2.61. The highest BCUT2D eigenvalue weighted by molar-refractivity contribution is 5.77. The van der Waals surface area contributed by atoms with Gasteiger partial charge in [-0.3, -0.25) is 4.79 Å². The lowest BCUT2D eigenvalue weighted by molar-refractivity contribution is -0.150. The van der Waals surface area contributed by atoms with Crippen LogP contribution in [0.1, 0.15) is 65.2 Å². The van der Waals surface area contributed by atoms with Crippen LogP contribution in [0, 0.1) is 28.6 Å². The second-order valence-electron chi connectivity index (χ2n) is 10.2. The van der Waals surface area contributed by atoms with Crippen LogP contribution in [0.4, 0.5) is 0 Å². The normalized spacial score (nSPS) is 46.0. The molecule has 146 valence electrons. The van der Waals surface area contributed by atoms with Crippen molar-refractivity contribution in [2.24, 2.45) is 28.6 Å². The molecule has 1 saturated heterocycles. The van der Waals surface area contributed by atoms with Crippen LogP contribution in [0.5, 0.6) is 5.75 Å². The van der Waals surface area contributed by atoms with Gasteiger partial charge in [-0.05, 0) is 66.9 Å². The molecule has 0 bridgehead atoms. The van der Waals surface area contributed by atoms with Gasteiger partial charge in [0.2, 0.25) is 5.91 Å². The van der Waals surface area contributed by atoms with Crippen LogP contribution in [-0.2, 0) is 4.79 Å². The van der Waals surface area contributed by atoms with Crippen molar-refractivity contribution in [2.75, 3.05) is 0 Å². The van der Waals surface area contributed by atoms with Crippen LogP contribution in [-0.4, -0.2) is 18.1 Å². The maximum absolute atomic E-state index is 12.2. The van der Waals surface area contributed by atoms with Crippen molar-refractivity contribution in [3.8, 4) is 5.75 Å². The minimum Gasteiger partial charge on any atom is -0.490 e. The number of ether oxygens (including phenoxy) is 1. The first-order valence-electron chi connectivity index (χ1n) is 11.0. The number of hydrogen-bond acceptors (Lipinski definition) is 2. The molecule has 0 unspecified atom stereocenters. The Bertz CT molecular complexity index is 718. The van der Waals surface area contributed by atoms with E-state index in [1.54, 1.807) is 0 Å². The van der Waals surface area contributed by atoms with Crippen LogP contribution in [0.15, 0.2) is 30.3 Å². The molecule has 1 heterocycles. The van der Waals surface area contributed by atoms with E-state index in [9.17, 15) is 4.79 Å². The van der Waals surface area contributed by atoms with Crippen LogP contribution in [0.2, 0.25) is 0 Å². The van der Waals surface area contributed by atoms with Gasteiger partial charge in [-0.1, -0.05) is 38.5 Å². The third-order valence-electron chi connectivity index (χ3n) is 8.91. The second-order valence-corrected chi connectivity index (χ2v) is 10.2. The van der Waals surface area contributed by atoms with E-state index in [1.807, 2.05) is 6.07 Å². The van der Waals surface area contributed by atoms with Gasteiger partial charge in [0, 0.05) is 24.8 Å². The van der Waals surface area contributed by atoms with E-state index in [1.165, 1.54) is 32.1 Å². The van der Waals surface area contributed by atoms with Gasteiger partial charge in [-0.25, -0.2) is 0 Å². The Labute approximate surface area is 163 Å². The summed E-state index contributed by atoms with van der Waals surface area (Å²) >= 11 is 0. The van der Waals surface area contributed by atoms with E-state index in [-0.39, 0.29) is 23.5 Å². The molecule has 27 heavy (non-hydrogen) atoms. The van der Waals surface area contributed by atoms with Crippen LogP contribution in [0.3, 0.4) is 0 Å². The van der Waals surface area contributed by atoms with Crippen molar-refractivity contribution in [1.29, 1.82) is 0 Å². The average Bonchev–Trinajstić information content (AvgIpc) is 3.05. The predicted octanol–water partition coefficient (Wildman–Crippen LogP) is 4.96. The highest BCUT2D eigenvalue weighted by atomic mass is 16.5. The van der Waals surface area contributed by atoms with Gasteiger partial charge in [0.05, 0.1) is 0 Å². The Morgan fingerprint density at radius 1 is 1.04 bits per heavy atom. The molecule has 3 heteroatoms. The molecule has 1 aromatic carbocycles. The molecule has 0 aromatic heterocycles. The summed E-state index contributed by atoms with van der Waals surface area (Å²) in [5.41, 5.74) is 0.736. The molecule has 4 aliphatic rings. The fraction of sp³-hybridized carbons (Fsp3) is 0.708. The maximum Gasteiger partial charge on any atom is 0.220 e. The van der Waals surface area contributed by atoms with Crippen molar-refractivity contribution in [3.63, 3.8) is 0 Å². The molecule has 3 saturated carbocycles. The van der Waals surface area contributed by atoms with E-state index in [2.05, 4.69) is 43.4 Å². The first kappa shape index (κ1) is 17.6. The van der Waals surface area contributed by atoms with Gasteiger partial charge in [-0.15, -0.1) is 0 Å². The van der Waals surface area contributed by atoms with Gasteiger partial charge in [0.1, 0.15) is 11.9 Å². The van der Waals surface area contributed by atoms with Gasteiger partial charge in [-0.2, -0.15) is 0 Å². The molecule has 3 nitrogen and oxygen atoms in total. The third-order valence-corrected chi connectivity index (χ3v) is 8.91. The van der Waals surface area contributed by atoms with Crippen molar-refractivity contribution in [1.82, 2.24) is 5.32 Å². The Kier molecular flexibility index (Phi) is 4.07. The molecule has 3 aliphatic carbocycles. The molecule has 0 radical (unpaired) electrons. The average molecular weight is 368 g/mol. The maximum atomic E-state index is 12.2. The molecular formula is C24H33NO2. The standard InChI is InChI=1S/C24H33NO2/c1-23-12-6-9-17(23)22-18(10-13-23)24(2)14-11-21(26)25-20(24)15-19(22)27-16-7-4-3-5-8-16/h3-5,7-8,17-20,22H,6,9-15H2,1-2H3,(H,25,26)/t17-,18-,19+,20+,22-,23-,24+/m0/s1. The Morgan fingerprint density at radius 2 is 1.85 bits per heavy atom. The van der Waals surface area contributed by atoms with Crippen molar-refractivity contribution in [2.45, 2.75) is 77.4 Å². The summed E-state index contributed by atoms with van der Waals surface area (Å²) in [7, 11) is 0. The lowest BCUT2D eigenvalue weighted by atomic mass is 9.47. The molecule has 4 fully saturated rings. The summed E-state index contributed by atoms with van der Waals surface area (Å²) in [6.07, 6.45) is 9.70. The first-order chi connectivity index (χ1) is 13.0. The number of nitrogens with one attached hydrogen (secondary N) is 1. The number of amides is 1. The summed E-state index contributed by atoms with van der Waals surface area (Å²) in [5, 5.41) is 3.36. The molecule has 1 amide bonds. The van der Waals surface area contributed by atoms with Crippen molar-refractivity contribution < 1.29 is 9.53 Å². The number of benzene rings is 1. The minimum absolute atomic E-state index is 0.219. The SMILES string of the molecule is C[C@@]12CCC[C@H]1[C@@H]1[C@H](Oc3ccccc3)C[C@H]3NC(=O)CC[C@]3(C)[C@H]1CC2. The third kappa shape index (κ3) is 2.72. The topological polar surface area (TPSA) is 38.3 Å². The lowest BCUT2D eigenvalue weighted by Crippen LogP contribution is -2.65. The summed E-state index contributed by atoms with van der Waals surface area (Å²) < 4.78 is 6.66. The highest BCUT2D eigenvalue weighted by Gasteiger charge is 2.61. The second kappa shape index (κ2) is 6.25. The van der Waals surface area contributed by atoms with E-state index < -0.39 is 0 Å². The zero-order valence-corrected chi connectivity index (χ0v) is 16.7. The van der Waals surface area contributed by atoms with Crippen LogP contribution in [0.25, 0.3) is 0 Å². The number of carbonyl (C=O) groups is 1. The van der Waals surface area contributed by atoms with E-state index >= 15 is 0 Å². The van der Waals surface area contributed by atoms with Gasteiger partial charge < -0.3 is 10.1 Å². The van der Waals surface area contributed by atoms with Gasteiger partial charge in [0.25, 0.3) is 0 Å². The predicted molar refractivity (Wildman–Crippen MR) is 106 cm³/mol. The number of fused-ring (bicyclic) bond motifs is 5. The fourth-order valence-electron chi connectivity index (χ4n) is 7.42. The molecule has 0 spiro atoms. The van der Waals surface area contributed by atoms with E-state index in [0.29, 0.717) is 23.7 Å². The zero-order valence-electron chi connectivity index (χ0n) is 16.7. The summed E-state index contributed by atoms with van der Waals surface area (Å²) in [4.78, 5) is 12.2. The number of piperidine rings is 1. The first-order valence-corrected chi connectivity index (χ1v) is 11.0. The number of hydrogen-bond donors (Lipinski definition) is 1. The Morgan fingerprint density at radius 3 is 2.67 bits per heavy atom. The Balaban J connectivity index is 1.52. The molecule has 7 atom stereocenters. The quantitative estimate of drug-likeness (QED) is 0.803. The smallest absolute Gasteiger partial charge is 0.220 e. The summed E-state index contributed by atoms with van der Waals surface area (Å²) in [6.45, 7) is 5.00. The van der Waals surface area contributed by atoms with Crippen LogP contribution >= 0.6 is 0 Å². The van der Waals surface area contributed by atoms with Gasteiger partial charge in [0.15, 0.2) is 0 Å². The van der Waals surface area contributed by atoms with Gasteiger partial charge >= 0.3 is 0 Å². The highest BCUT2D eigenvalue weighted by Crippen LogP contribution is 2.64. The fourth-order valence-corrected chi connectivity index (χ4v) is 7.42. The van der Waals surface area contributed by atoms with Crippen LogP contribution < -0.4 is 10.1 Å². The Hall–Kier alpha value is -1.51. The number of para-hydroxylation sites is 1. The van der Waals surface area contributed by atoms with E-state index in [0.717, 1.165) is 24.5 Å². The summed E-state index contributed by atoms with van der Waals surface area (Å²) in [5.74, 6) is 3.29. The molecule has 1 aliphatic heterocycles. The molecule has 1 aromatic rings. The van der Waals surface area contributed by atoms with Crippen molar-refractivity contribution in [3.05, 3.63) is 30.3 Å². The monoisotopic (exact) mass is 367 g/mol. The van der Waals surface area contributed by atoms with E-state index in [4.69, 9.17) is 4.74 Å². The van der Waals surface area contributed by atoms with Crippen molar-refractivity contribution >= 4 is 5.91 Å². The molecular weight excluding hydrogens is 334 g/mol. The largest absolute Gasteiger partial charge is 0.490 e. The zero-order chi connectivity index (χ0) is 18.6. The summed E-state index contributed by atoms with van der Waals surface area (Å²) in [6, 6.07) is 10.6.